The van der Waals surface area contributed by atoms with Gasteiger partial charge >= 0.3 is 0 Å². The molecule has 0 fully saturated rings. The third-order valence-corrected chi connectivity index (χ3v) is 12.9. The third-order valence-electron chi connectivity index (χ3n) is 8.77. The molecular weight excluding hydrogens is 729 g/mol. The number of ketones is 1. The Hall–Kier alpha value is -5.36. The van der Waals surface area contributed by atoms with Gasteiger partial charge in [0.25, 0.3) is 11.7 Å². The summed E-state index contributed by atoms with van der Waals surface area (Å²) in [6.07, 6.45) is 1.63. The first kappa shape index (κ1) is 36.4. The highest BCUT2D eigenvalue weighted by molar-refractivity contribution is 9.10. The minimum atomic E-state index is -2.78. The Balaban J connectivity index is 1.65. The Morgan fingerprint density at radius 3 is 1.65 bits per heavy atom. The topological polar surface area (TPSA) is 78.8 Å². The van der Waals surface area contributed by atoms with Crippen LogP contribution in [-0.4, -0.2) is 24.1 Å². The van der Waals surface area contributed by atoms with E-state index >= 15 is 0 Å². The van der Waals surface area contributed by atoms with Crippen LogP contribution in [0.5, 0.6) is 0 Å². The number of hydrogen-bond acceptors (Lipinski definition) is 4. The maximum absolute atomic E-state index is 14.6. The SMILES string of the molecule is CCCCNC(=O)C(c1ccccc1N=P(c1ccccc1)(c1ccccc1)c1ccccc1)N(C(=O)C(=O)c1ccccc1)c1ccc(Br)cc1. The lowest BCUT2D eigenvalue weighted by Gasteiger charge is -2.33. The van der Waals surface area contributed by atoms with Crippen molar-refractivity contribution >= 4 is 67.9 Å². The lowest BCUT2D eigenvalue weighted by Crippen LogP contribution is -2.46. The fourth-order valence-corrected chi connectivity index (χ4v) is 10.0. The van der Waals surface area contributed by atoms with E-state index in [1.807, 2.05) is 85.8 Å². The van der Waals surface area contributed by atoms with Gasteiger partial charge in [0.1, 0.15) is 6.04 Å². The van der Waals surface area contributed by atoms with Crippen LogP contribution in [0.1, 0.15) is 41.7 Å². The smallest absolute Gasteiger partial charge is 0.300 e. The molecule has 6 aromatic carbocycles. The highest BCUT2D eigenvalue weighted by Crippen LogP contribution is 2.50. The van der Waals surface area contributed by atoms with E-state index in [2.05, 4.69) is 57.6 Å². The van der Waals surface area contributed by atoms with Gasteiger partial charge in [-0.05, 0) is 36.8 Å². The quantitative estimate of drug-likeness (QED) is 0.0551. The monoisotopic (exact) mass is 767 g/mol. The van der Waals surface area contributed by atoms with Crippen LogP contribution >= 0.6 is 23.0 Å². The second-order valence-electron chi connectivity index (χ2n) is 12.2. The summed E-state index contributed by atoms with van der Waals surface area (Å²) < 4.78 is 6.55. The van der Waals surface area contributed by atoms with Crippen LogP contribution in [0.25, 0.3) is 0 Å². The van der Waals surface area contributed by atoms with E-state index in [1.54, 1.807) is 54.6 Å². The Bertz CT molecular complexity index is 2080. The van der Waals surface area contributed by atoms with E-state index in [0.29, 0.717) is 23.5 Å². The van der Waals surface area contributed by atoms with Crippen LogP contribution in [0.2, 0.25) is 0 Å². The molecule has 1 atom stereocenters. The summed E-state index contributed by atoms with van der Waals surface area (Å²) in [4.78, 5) is 44.5. The van der Waals surface area contributed by atoms with Crippen molar-refractivity contribution < 1.29 is 14.4 Å². The van der Waals surface area contributed by atoms with Crippen molar-refractivity contribution in [3.05, 3.63) is 185 Å². The van der Waals surface area contributed by atoms with Crippen LogP contribution in [0.3, 0.4) is 0 Å². The molecule has 0 radical (unpaired) electrons. The number of Topliss-reactive ketones (excluding diaryl/α,β-unsaturated/α-hetero) is 1. The molecule has 0 aromatic heterocycles. The van der Waals surface area contributed by atoms with E-state index in [-0.39, 0.29) is 5.56 Å². The number of benzene rings is 6. The average molecular weight is 769 g/mol. The summed E-state index contributed by atoms with van der Waals surface area (Å²) in [5, 5.41) is 6.18. The van der Waals surface area contributed by atoms with E-state index in [9.17, 15) is 14.4 Å². The van der Waals surface area contributed by atoms with Gasteiger partial charge < -0.3 is 5.32 Å². The largest absolute Gasteiger partial charge is 0.354 e. The Morgan fingerprint density at radius 1 is 0.654 bits per heavy atom. The van der Waals surface area contributed by atoms with Crippen molar-refractivity contribution in [3.8, 4) is 0 Å². The lowest BCUT2D eigenvalue weighted by atomic mass is 9.99. The molecule has 0 spiro atoms. The molecule has 52 heavy (non-hydrogen) atoms. The number of anilines is 1. The number of carbonyl (C=O) groups excluding carboxylic acids is 3. The average Bonchev–Trinajstić information content (AvgIpc) is 3.20. The number of unbranched alkanes of at least 4 members (excludes halogenated alkanes) is 1. The number of halogens is 1. The lowest BCUT2D eigenvalue weighted by molar-refractivity contribution is -0.125. The van der Waals surface area contributed by atoms with Crippen molar-refractivity contribution in [2.24, 2.45) is 4.74 Å². The molecule has 1 N–H and O–H groups in total. The first-order chi connectivity index (χ1) is 25.4. The molecule has 6 aromatic rings. The molecular formula is C44H39BrN3O3P. The van der Waals surface area contributed by atoms with E-state index in [0.717, 1.165) is 33.2 Å². The van der Waals surface area contributed by atoms with Crippen molar-refractivity contribution in [2.45, 2.75) is 25.8 Å². The number of hydrogen-bond donors (Lipinski definition) is 1. The molecule has 0 aliphatic rings. The summed E-state index contributed by atoms with van der Waals surface area (Å²) in [6, 6.07) is 52.4. The standard InChI is InChI=1S/C44H39BrN3O3P/c1-2-3-32-46-43(50)41(48(35-30-28-34(45)29-31-35)44(51)42(49)33-18-8-4-9-19-33)39-26-16-17-27-40(39)47-52(36-20-10-5-11-21-36,37-22-12-6-13-23-37)38-24-14-7-15-25-38/h4-31,41H,2-3,32H2,1H3,(H,46,50). The number of amides is 2. The van der Waals surface area contributed by atoms with Crippen LogP contribution in [-0.2, 0) is 9.59 Å². The van der Waals surface area contributed by atoms with E-state index in [4.69, 9.17) is 4.74 Å². The molecule has 0 aliphatic heterocycles. The molecule has 6 rings (SSSR count). The minimum absolute atomic E-state index is 0.236. The number of nitrogens with zero attached hydrogens (tertiary/aromatic N) is 2. The zero-order valence-electron chi connectivity index (χ0n) is 28.8. The van der Waals surface area contributed by atoms with Gasteiger partial charge in [-0.15, -0.1) is 0 Å². The number of rotatable bonds is 13. The maximum Gasteiger partial charge on any atom is 0.300 e. The number of nitrogens with one attached hydrogen (secondary N) is 1. The highest BCUT2D eigenvalue weighted by atomic mass is 79.9. The summed E-state index contributed by atoms with van der Waals surface area (Å²) in [5.74, 6) is -1.95. The normalized spacial score (nSPS) is 11.7. The Morgan fingerprint density at radius 2 is 1.13 bits per heavy atom. The first-order valence-corrected chi connectivity index (χ1v) is 19.8. The molecule has 0 bridgehead atoms. The molecule has 0 aliphatic carbocycles. The van der Waals surface area contributed by atoms with E-state index in [1.165, 1.54) is 4.90 Å². The maximum atomic E-state index is 14.6. The van der Waals surface area contributed by atoms with Crippen molar-refractivity contribution in [3.63, 3.8) is 0 Å². The van der Waals surface area contributed by atoms with Gasteiger partial charge in [0.2, 0.25) is 5.91 Å². The highest BCUT2D eigenvalue weighted by Gasteiger charge is 2.38. The molecule has 0 saturated carbocycles. The molecule has 1 unspecified atom stereocenters. The molecule has 260 valence electrons. The van der Waals surface area contributed by atoms with Gasteiger partial charge in [0.15, 0.2) is 0 Å². The van der Waals surface area contributed by atoms with Crippen LogP contribution < -0.4 is 26.1 Å². The zero-order chi connectivity index (χ0) is 36.3. The van der Waals surface area contributed by atoms with Gasteiger partial charge in [-0.3, -0.25) is 24.0 Å². The van der Waals surface area contributed by atoms with Crippen molar-refractivity contribution in [1.29, 1.82) is 0 Å². The van der Waals surface area contributed by atoms with Gasteiger partial charge in [-0.1, -0.05) is 169 Å². The molecule has 0 heterocycles. The van der Waals surface area contributed by atoms with Crippen LogP contribution in [0.15, 0.2) is 179 Å². The molecule has 6 nitrogen and oxygen atoms in total. The summed E-state index contributed by atoms with van der Waals surface area (Å²) in [5.41, 5.74) is 1.68. The first-order valence-electron chi connectivity index (χ1n) is 17.3. The van der Waals surface area contributed by atoms with E-state index < -0.39 is 30.7 Å². The number of carbonyl (C=O) groups is 3. The van der Waals surface area contributed by atoms with Gasteiger partial charge in [-0.25, -0.2) is 0 Å². The van der Waals surface area contributed by atoms with Crippen molar-refractivity contribution in [2.75, 3.05) is 11.4 Å². The summed E-state index contributed by atoms with van der Waals surface area (Å²) in [7, 11) is -2.78. The second-order valence-corrected chi connectivity index (χ2v) is 16.1. The molecule has 2 amide bonds. The van der Waals surface area contributed by atoms with Crippen LogP contribution in [0.4, 0.5) is 11.4 Å². The minimum Gasteiger partial charge on any atom is -0.354 e. The van der Waals surface area contributed by atoms with Crippen molar-refractivity contribution in [1.82, 2.24) is 5.32 Å². The van der Waals surface area contributed by atoms with Gasteiger partial charge in [0, 0.05) is 43.7 Å². The summed E-state index contributed by atoms with van der Waals surface area (Å²) >= 11 is 3.50. The van der Waals surface area contributed by atoms with Gasteiger partial charge in [0.05, 0.1) is 12.7 Å². The molecule has 8 heteroatoms. The predicted octanol–water partition coefficient (Wildman–Crippen LogP) is 9.13. The fourth-order valence-electron chi connectivity index (χ4n) is 6.21. The Labute approximate surface area is 313 Å². The Kier molecular flexibility index (Phi) is 12.1. The molecule has 0 saturated heterocycles. The fraction of sp³-hybridized carbons (Fsp3) is 0.114. The van der Waals surface area contributed by atoms with Crippen LogP contribution in [0, 0.1) is 0 Å². The third kappa shape index (κ3) is 7.91. The second kappa shape index (κ2) is 17.2. The summed E-state index contributed by atoms with van der Waals surface area (Å²) in [6.45, 7) is 2.46. The van der Waals surface area contributed by atoms with Gasteiger partial charge in [-0.2, -0.15) is 0 Å². The zero-order valence-corrected chi connectivity index (χ0v) is 31.3. The predicted molar refractivity (Wildman–Crippen MR) is 217 cm³/mol.